The fourth-order valence-corrected chi connectivity index (χ4v) is 3.98. The minimum Gasteiger partial charge on any atom is -0.327 e. The van der Waals surface area contributed by atoms with E-state index in [1.807, 2.05) is 0 Å². The number of benzene rings is 1. The molecule has 0 spiro atoms. The largest absolute Gasteiger partial charge is 0.327 e. The van der Waals surface area contributed by atoms with Gasteiger partial charge in [0.25, 0.3) is 0 Å². The first-order valence-electron chi connectivity index (χ1n) is 7.17. The molecule has 1 unspecified atom stereocenters. The molecule has 1 aromatic rings. The number of hydrogen-bond acceptors (Lipinski definition) is 2. The summed E-state index contributed by atoms with van der Waals surface area (Å²) in [4.78, 5) is 0. The number of nitrogens with two attached hydrogens (primary N) is 1. The molecule has 1 fully saturated rings. The van der Waals surface area contributed by atoms with Crippen LogP contribution in [-0.2, 0) is 6.42 Å². The minimum atomic E-state index is 0.304. The summed E-state index contributed by atoms with van der Waals surface area (Å²) >= 11 is 2.11. The lowest BCUT2D eigenvalue weighted by Crippen LogP contribution is -2.27. The Morgan fingerprint density at radius 1 is 1.22 bits per heavy atom. The highest BCUT2D eigenvalue weighted by Crippen LogP contribution is 2.28. The summed E-state index contributed by atoms with van der Waals surface area (Å²) in [6.07, 6.45) is 8.11. The van der Waals surface area contributed by atoms with Crippen molar-refractivity contribution in [1.82, 2.24) is 0 Å². The quantitative estimate of drug-likeness (QED) is 0.871. The number of thioether (sulfide) groups is 1. The molecule has 100 valence electrons. The van der Waals surface area contributed by atoms with Crippen LogP contribution in [0.3, 0.4) is 0 Å². The second-order valence-corrected chi connectivity index (χ2v) is 6.82. The van der Waals surface area contributed by atoms with Gasteiger partial charge in [0.15, 0.2) is 0 Å². The Hall–Kier alpha value is -0.470. The molecule has 0 radical (unpaired) electrons. The molecule has 0 saturated heterocycles. The number of hydrogen-bond donors (Lipinski definition) is 1. The molecule has 0 aromatic heterocycles. The average Bonchev–Trinajstić information content (AvgIpc) is 2.40. The average molecular weight is 263 g/mol. The Balaban J connectivity index is 1.74. The van der Waals surface area contributed by atoms with Gasteiger partial charge in [0.2, 0.25) is 0 Å². The zero-order valence-electron chi connectivity index (χ0n) is 11.4. The first-order chi connectivity index (χ1) is 8.75. The van der Waals surface area contributed by atoms with Crippen molar-refractivity contribution in [3.8, 4) is 0 Å². The van der Waals surface area contributed by atoms with Crippen LogP contribution in [-0.4, -0.2) is 17.0 Å². The van der Waals surface area contributed by atoms with E-state index in [0.717, 1.165) is 17.4 Å². The third-order valence-electron chi connectivity index (χ3n) is 3.84. The van der Waals surface area contributed by atoms with Crippen LogP contribution in [0.4, 0.5) is 0 Å². The molecule has 1 saturated carbocycles. The fourth-order valence-electron chi connectivity index (χ4n) is 2.67. The Bertz CT molecular complexity index is 358. The molecule has 1 aliphatic rings. The summed E-state index contributed by atoms with van der Waals surface area (Å²) in [5, 5.41) is 0.877. The van der Waals surface area contributed by atoms with Gasteiger partial charge in [0.1, 0.15) is 0 Å². The van der Waals surface area contributed by atoms with E-state index in [4.69, 9.17) is 5.73 Å². The summed E-state index contributed by atoms with van der Waals surface area (Å²) in [6, 6.07) is 8.90. The molecule has 18 heavy (non-hydrogen) atoms. The second-order valence-electron chi connectivity index (χ2n) is 5.48. The maximum Gasteiger partial charge on any atom is 0.0171 e. The van der Waals surface area contributed by atoms with Gasteiger partial charge in [-0.2, -0.15) is 11.8 Å². The van der Waals surface area contributed by atoms with E-state index >= 15 is 0 Å². The van der Waals surface area contributed by atoms with E-state index in [2.05, 4.69) is 43.0 Å². The first-order valence-corrected chi connectivity index (χ1v) is 8.22. The summed E-state index contributed by atoms with van der Waals surface area (Å²) in [7, 11) is 0. The Morgan fingerprint density at radius 3 is 2.67 bits per heavy atom. The van der Waals surface area contributed by atoms with Gasteiger partial charge in [0, 0.05) is 17.0 Å². The number of aryl methyl sites for hydroxylation is 1. The lowest BCUT2D eigenvalue weighted by atomic mass is 10.0. The lowest BCUT2D eigenvalue weighted by molar-refractivity contribution is 0.515. The third-order valence-corrected chi connectivity index (χ3v) is 5.40. The summed E-state index contributed by atoms with van der Waals surface area (Å²) < 4.78 is 0. The molecular formula is C16H25NS. The van der Waals surface area contributed by atoms with Gasteiger partial charge in [-0.3, -0.25) is 0 Å². The van der Waals surface area contributed by atoms with Gasteiger partial charge in [-0.1, -0.05) is 43.5 Å². The van der Waals surface area contributed by atoms with Crippen molar-refractivity contribution in [1.29, 1.82) is 0 Å². The van der Waals surface area contributed by atoms with Gasteiger partial charge in [0.05, 0.1) is 0 Å². The predicted molar refractivity (Wildman–Crippen MR) is 82.2 cm³/mol. The van der Waals surface area contributed by atoms with E-state index in [1.165, 1.54) is 43.2 Å². The highest BCUT2D eigenvalue weighted by atomic mass is 32.2. The van der Waals surface area contributed by atoms with Crippen molar-refractivity contribution in [3.63, 3.8) is 0 Å². The minimum absolute atomic E-state index is 0.304. The molecule has 2 N–H and O–H groups in total. The van der Waals surface area contributed by atoms with Gasteiger partial charge < -0.3 is 5.73 Å². The third kappa shape index (κ3) is 4.33. The van der Waals surface area contributed by atoms with E-state index in [0.29, 0.717) is 6.04 Å². The molecular weight excluding hydrogens is 238 g/mol. The van der Waals surface area contributed by atoms with Crippen LogP contribution in [0.15, 0.2) is 24.3 Å². The van der Waals surface area contributed by atoms with Crippen molar-refractivity contribution in [3.05, 3.63) is 35.4 Å². The fraction of sp³-hybridized carbons (Fsp3) is 0.625. The maximum atomic E-state index is 6.27. The maximum absolute atomic E-state index is 6.27. The normalized spacial score (nSPS) is 18.8. The summed E-state index contributed by atoms with van der Waals surface area (Å²) in [5.74, 6) is 1.11. The zero-order chi connectivity index (χ0) is 12.8. The smallest absolute Gasteiger partial charge is 0.0171 e. The van der Waals surface area contributed by atoms with Crippen molar-refractivity contribution >= 4 is 11.8 Å². The van der Waals surface area contributed by atoms with Crippen molar-refractivity contribution in [2.75, 3.05) is 5.75 Å². The lowest BCUT2D eigenvalue weighted by Gasteiger charge is -2.22. The zero-order valence-corrected chi connectivity index (χ0v) is 12.2. The van der Waals surface area contributed by atoms with E-state index < -0.39 is 0 Å². The Labute approximate surface area is 116 Å². The summed E-state index contributed by atoms with van der Waals surface area (Å²) in [5.41, 5.74) is 9.05. The van der Waals surface area contributed by atoms with Crippen LogP contribution in [0, 0.1) is 6.92 Å². The molecule has 1 nitrogen and oxygen atoms in total. The van der Waals surface area contributed by atoms with Crippen LogP contribution in [0.2, 0.25) is 0 Å². The first kappa shape index (κ1) is 14.0. The molecule has 0 aliphatic heterocycles. The highest BCUT2D eigenvalue weighted by molar-refractivity contribution is 7.99. The molecule has 0 amide bonds. The second kappa shape index (κ2) is 7.20. The predicted octanol–water partition coefficient (Wildman–Crippen LogP) is 3.93. The molecule has 1 aliphatic carbocycles. The monoisotopic (exact) mass is 263 g/mol. The molecule has 0 heterocycles. The summed E-state index contributed by atoms with van der Waals surface area (Å²) in [6.45, 7) is 2.18. The van der Waals surface area contributed by atoms with Crippen molar-refractivity contribution in [2.24, 2.45) is 5.73 Å². The van der Waals surface area contributed by atoms with Crippen LogP contribution in [0.5, 0.6) is 0 Å². The molecule has 0 bridgehead atoms. The van der Waals surface area contributed by atoms with Crippen LogP contribution >= 0.6 is 11.8 Å². The van der Waals surface area contributed by atoms with Crippen LogP contribution in [0.25, 0.3) is 0 Å². The van der Waals surface area contributed by atoms with E-state index in [9.17, 15) is 0 Å². The molecule has 1 aromatic carbocycles. The molecule has 1 atom stereocenters. The van der Waals surface area contributed by atoms with Crippen LogP contribution < -0.4 is 5.73 Å². The standard InChI is InChI=1S/C16H25NS/c1-13-7-5-6-8-14(13)11-15(17)12-18-16-9-3-2-4-10-16/h5-8,15-16H,2-4,9-12,17H2,1H3. The van der Waals surface area contributed by atoms with E-state index in [-0.39, 0.29) is 0 Å². The Morgan fingerprint density at radius 2 is 1.94 bits per heavy atom. The highest BCUT2D eigenvalue weighted by Gasteiger charge is 2.15. The van der Waals surface area contributed by atoms with Crippen molar-refractivity contribution < 1.29 is 0 Å². The van der Waals surface area contributed by atoms with Gasteiger partial charge in [-0.25, -0.2) is 0 Å². The van der Waals surface area contributed by atoms with Crippen LogP contribution in [0.1, 0.15) is 43.2 Å². The topological polar surface area (TPSA) is 26.0 Å². The van der Waals surface area contributed by atoms with Crippen molar-refractivity contribution in [2.45, 2.75) is 56.7 Å². The SMILES string of the molecule is Cc1ccccc1CC(N)CSC1CCCCC1. The van der Waals surface area contributed by atoms with Gasteiger partial charge in [-0.05, 0) is 37.3 Å². The van der Waals surface area contributed by atoms with Gasteiger partial charge >= 0.3 is 0 Å². The van der Waals surface area contributed by atoms with E-state index in [1.54, 1.807) is 0 Å². The molecule has 2 heteroatoms. The Kier molecular flexibility index (Phi) is 5.58. The van der Waals surface area contributed by atoms with Gasteiger partial charge in [-0.15, -0.1) is 0 Å². The molecule has 2 rings (SSSR count). The number of rotatable bonds is 5.